The molecule has 1 unspecified atom stereocenters. The van der Waals surface area contributed by atoms with E-state index in [0.717, 1.165) is 11.3 Å². The van der Waals surface area contributed by atoms with Crippen molar-refractivity contribution in [3.63, 3.8) is 0 Å². The highest BCUT2D eigenvalue weighted by atomic mass is 16.5. The number of benzene rings is 2. The van der Waals surface area contributed by atoms with Crippen LogP contribution in [0.2, 0.25) is 0 Å². The first-order valence-corrected chi connectivity index (χ1v) is 6.94. The molecule has 1 heteroatoms. The predicted octanol–water partition coefficient (Wildman–Crippen LogP) is 4.91. The van der Waals surface area contributed by atoms with Crippen LogP contribution < -0.4 is 0 Å². The Bertz CT molecular complexity index is 652. The molecular weight excluding hydrogens is 244 g/mol. The highest BCUT2D eigenvalue weighted by Crippen LogP contribution is 2.39. The molecule has 2 aromatic rings. The molecule has 1 nitrogen and oxygen atoms in total. The maximum absolute atomic E-state index is 6.06. The molecule has 0 aromatic heterocycles. The van der Waals surface area contributed by atoms with Crippen molar-refractivity contribution in [3.8, 4) is 0 Å². The molecule has 0 saturated carbocycles. The van der Waals surface area contributed by atoms with E-state index in [2.05, 4.69) is 49.9 Å². The summed E-state index contributed by atoms with van der Waals surface area (Å²) in [7, 11) is 0. The van der Waals surface area contributed by atoms with Crippen molar-refractivity contribution in [3.05, 3.63) is 83.9 Å². The van der Waals surface area contributed by atoms with Crippen LogP contribution in [0.1, 0.15) is 23.6 Å². The Morgan fingerprint density at radius 3 is 2.50 bits per heavy atom. The molecule has 0 amide bonds. The van der Waals surface area contributed by atoms with E-state index in [1.807, 2.05) is 24.3 Å². The molecular formula is C19H18O. The van der Waals surface area contributed by atoms with Gasteiger partial charge in [0, 0.05) is 17.1 Å². The second-order valence-electron chi connectivity index (χ2n) is 5.08. The first-order chi connectivity index (χ1) is 9.81. The minimum atomic E-state index is 0.256. The Morgan fingerprint density at radius 2 is 1.75 bits per heavy atom. The third-order valence-corrected chi connectivity index (χ3v) is 3.77. The summed E-state index contributed by atoms with van der Waals surface area (Å²) in [4.78, 5) is 0. The first-order valence-electron chi connectivity index (χ1n) is 6.94. The van der Waals surface area contributed by atoms with Gasteiger partial charge in [-0.05, 0) is 11.1 Å². The molecule has 0 spiro atoms. The van der Waals surface area contributed by atoms with Gasteiger partial charge >= 0.3 is 0 Å². The smallest absolute Gasteiger partial charge is 0.131 e. The predicted molar refractivity (Wildman–Crippen MR) is 83.8 cm³/mol. The van der Waals surface area contributed by atoms with E-state index in [-0.39, 0.29) is 5.92 Å². The zero-order chi connectivity index (χ0) is 13.9. The average Bonchev–Trinajstić information content (AvgIpc) is 2.54. The molecule has 1 heterocycles. The summed E-state index contributed by atoms with van der Waals surface area (Å²) in [6.07, 6.45) is 1.98. The van der Waals surface area contributed by atoms with Gasteiger partial charge in [0.25, 0.3) is 0 Å². The van der Waals surface area contributed by atoms with E-state index in [9.17, 15) is 0 Å². The van der Waals surface area contributed by atoms with Crippen molar-refractivity contribution in [1.82, 2.24) is 0 Å². The Hall–Kier alpha value is -2.28. The van der Waals surface area contributed by atoms with Crippen molar-refractivity contribution in [2.24, 2.45) is 5.92 Å². The lowest BCUT2D eigenvalue weighted by atomic mass is 9.86. The molecule has 0 N–H and O–H groups in total. The van der Waals surface area contributed by atoms with Crippen molar-refractivity contribution in [2.75, 3.05) is 0 Å². The van der Waals surface area contributed by atoms with Gasteiger partial charge in [0.15, 0.2) is 0 Å². The summed E-state index contributed by atoms with van der Waals surface area (Å²) >= 11 is 0. The van der Waals surface area contributed by atoms with Crippen LogP contribution in [0.4, 0.5) is 0 Å². The minimum absolute atomic E-state index is 0.256. The quantitative estimate of drug-likeness (QED) is 0.714. The number of rotatable bonds is 3. The van der Waals surface area contributed by atoms with Crippen LogP contribution in [0.15, 0.2) is 67.3 Å². The van der Waals surface area contributed by atoms with E-state index in [1.165, 1.54) is 16.7 Å². The molecule has 100 valence electrons. The fourth-order valence-electron chi connectivity index (χ4n) is 2.66. The van der Waals surface area contributed by atoms with Crippen molar-refractivity contribution >= 4 is 11.3 Å². The highest BCUT2D eigenvalue weighted by molar-refractivity contribution is 5.91. The van der Waals surface area contributed by atoms with Gasteiger partial charge in [0.1, 0.15) is 12.4 Å². The molecule has 0 aliphatic carbocycles. The minimum Gasteiger partial charge on any atom is -0.488 e. The number of ether oxygens (including phenoxy) is 1. The Balaban J connectivity index is 2.22. The summed E-state index contributed by atoms with van der Waals surface area (Å²) in [5, 5.41) is 0. The van der Waals surface area contributed by atoms with Crippen molar-refractivity contribution < 1.29 is 4.74 Å². The maximum atomic E-state index is 6.06. The zero-order valence-corrected chi connectivity index (χ0v) is 11.7. The van der Waals surface area contributed by atoms with Gasteiger partial charge in [0.2, 0.25) is 0 Å². The van der Waals surface area contributed by atoms with E-state index in [0.29, 0.717) is 6.61 Å². The van der Waals surface area contributed by atoms with Gasteiger partial charge < -0.3 is 4.74 Å². The second kappa shape index (κ2) is 5.38. The third-order valence-electron chi connectivity index (χ3n) is 3.77. The lowest BCUT2D eigenvalue weighted by molar-refractivity contribution is 0.259. The molecule has 3 rings (SSSR count). The normalized spacial score (nSPS) is 15.2. The Kier molecular flexibility index (Phi) is 3.42. The summed E-state index contributed by atoms with van der Waals surface area (Å²) < 4.78 is 6.06. The van der Waals surface area contributed by atoms with Crippen molar-refractivity contribution in [2.45, 2.75) is 13.5 Å². The summed E-state index contributed by atoms with van der Waals surface area (Å²) in [6.45, 7) is 6.74. The van der Waals surface area contributed by atoms with Crippen LogP contribution in [0.5, 0.6) is 0 Å². The third kappa shape index (κ3) is 2.16. The van der Waals surface area contributed by atoms with E-state index >= 15 is 0 Å². The van der Waals surface area contributed by atoms with Gasteiger partial charge in [-0.3, -0.25) is 0 Å². The molecule has 1 aliphatic rings. The summed E-state index contributed by atoms with van der Waals surface area (Å²) in [5.74, 6) is 1.24. The zero-order valence-electron chi connectivity index (χ0n) is 11.7. The first kappa shape index (κ1) is 12.7. The fraction of sp³-hybridized carbons (Fsp3) is 0.158. The summed E-state index contributed by atoms with van der Waals surface area (Å²) in [5.41, 5.74) is 4.89. The van der Waals surface area contributed by atoms with Crippen molar-refractivity contribution in [1.29, 1.82) is 0 Å². The molecule has 0 bridgehead atoms. The maximum Gasteiger partial charge on any atom is 0.131 e. The SMILES string of the molecule is C=CC(C)C1=C(c2ccccc2)OCc2ccccc21. The van der Waals surface area contributed by atoms with Gasteiger partial charge in [-0.1, -0.05) is 67.6 Å². The molecule has 1 atom stereocenters. The molecule has 0 radical (unpaired) electrons. The van der Waals surface area contributed by atoms with Crippen LogP contribution >= 0.6 is 0 Å². The molecule has 0 saturated heterocycles. The van der Waals surface area contributed by atoms with Gasteiger partial charge in [0.05, 0.1) is 0 Å². The van der Waals surface area contributed by atoms with Gasteiger partial charge in [-0.2, -0.15) is 0 Å². The summed E-state index contributed by atoms with van der Waals surface area (Å²) in [6, 6.07) is 18.8. The van der Waals surface area contributed by atoms with Gasteiger partial charge in [-0.25, -0.2) is 0 Å². The van der Waals surface area contributed by atoms with Gasteiger partial charge in [-0.15, -0.1) is 6.58 Å². The van der Waals surface area contributed by atoms with E-state index in [4.69, 9.17) is 4.74 Å². The highest BCUT2D eigenvalue weighted by Gasteiger charge is 2.23. The standard InChI is InChI=1S/C19H18O/c1-3-14(2)18-17-12-8-7-11-16(17)13-20-19(18)15-9-5-4-6-10-15/h3-12,14H,1,13H2,2H3. The van der Waals surface area contributed by atoms with E-state index < -0.39 is 0 Å². The number of fused-ring (bicyclic) bond motifs is 1. The molecule has 0 fully saturated rings. The average molecular weight is 262 g/mol. The number of allylic oxidation sites excluding steroid dienone is 2. The lowest BCUT2D eigenvalue weighted by Crippen LogP contribution is -2.11. The number of hydrogen-bond donors (Lipinski definition) is 0. The van der Waals surface area contributed by atoms with Crippen LogP contribution in [-0.2, 0) is 11.3 Å². The fourth-order valence-corrected chi connectivity index (χ4v) is 2.66. The second-order valence-corrected chi connectivity index (χ2v) is 5.08. The molecule has 1 aliphatic heterocycles. The Labute approximate surface area is 120 Å². The largest absolute Gasteiger partial charge is 0.488 e. The number of hydrogen-bond acceptors (Lipinski definition) is 1. The monoisotopic (exact) mass is 262 g/mol. The van der Waals surface area contributed by atoms with Crippen LogP contribution in [-0.4, -0.2) is 0 Å². The van der Waals surface area contributed by atoms with Crippen LogP contribution in [0, 0.1) is 5.92 Å². The topological polar surface area (TPSA) is 9.23 Å². The van der Waals surface area contributed by atoms with Crippen LogP contribution in [0.25, 0.3) is 11.3 Å². The van der Waals surface area contributed by atoms with Crippen LogP contribution in [0.3, 0.4) is 0 Å². The Morgan fingerprint density at radius 1 is 1.05 bits per heavy atom. The lowest BCUT2D eigenvalue weighted by Gasteiger charge is -2.27. The molecule has 20 heavy (non-hydrogen) atoms. The van der Waals surface area contributed by atoms with E-state index in [1.54, 1.807) is 0 Å². The molecule has 2 aromatic carbocycles.